The van der Waals surface area contributed by atoms with Crippen molar-refractivity contribution in [1.29, 1.82) is 0 Å². The number of carbonyl (C=O) groups is 2. The first-order valence-electron chi connectivity index (χ1n) is 8.63. The zero-order valence-corrected chi connectivity index (χ0v) is 14.2. The lowest BCUT2D eigenvalue weighted by molar-refractivity contribution is -0.136. The van der Waals surface area contributed by atoms with Gasteiger partial charge in [0.25, 0.3) is 0 Å². The summed E-state index contributed by atoms with van der Waals surface area (Å²) in [6.45, 7) is 6.04. The average molecular weight is 314 g/mol. The van der Waals surface area contributed by atoms with Gasteiger partial charge in [0.05, 0.1) is 0 Å². The van der Waals surface area contributed by atoms with Crippen LogP contribution >= 0.6 is 0 Å². The molecule has 0 saturated heterocycles. The van der Waals surface area contributed by atoms with Crippen LogP contribution in [0, 0.1) is 31.6 Å². The summed E-state index contributed by atoms with van der Waals surface area (Å²) in [6, 6.07) is 5.73. The fourth-order valence-corrected chi connectivity index (χ4v) is 4.29. The second kappa shape index (κ2) is 6.34. The van der Waals surface area contributed by atoms with Crippen LogP contribution in [-0.2, 0) is 9.59 Å². The number of rotatable bonds is 3. The number of anilines is 1. The first-order chi connectivity index (χ1) is 10.9. The number of nitrogens with one attached hydrogen (secondary N) is 2. The standard InChI is InChI=1S/C19H26N2O2/c1-11-4-7-16(8-12(11)2)21-19(23)18(22)20-13(3)17-10-14-5-6-15(17)9-14/h4,7-8,13-15,17H,5-6,9-10H2,1-3H3,(H,20,22)(H,21,23). The molecular weight excluding hydrogens is 288 g/mol. The summed E-state index contributed by atoms with van der Waals surface area (Å²) in [5.74, 6) is 1.00. The quantitative estimate of drug-likeness (QED) is 0.842. The molecule has 3 rings (SSSR count). The predicted molar refractivity (Wildman–Crippen MR) is 91.1 cm³/mol. The topological polar surface area (TPSA) is 58.2 Å². The van der Waals surface area contributed by atoms with Crippen LogP contribution < -0.4 is 10.6 Å². The normalized spacial score (nSPS) is 26.8. The van der Waals surface area contributed by atoms with Crippen LogP contribution in [-0.4, -0.2) is 17.9 Å². The molecule has 2 bridgehead atoms. The van der Waals surface area contributed by atoms with Crippen LogP contribution in [0.15, 0.2) is 18.2 Å². The van der Waals surface area contributed by atoms with E-state index in [0.717, 1.165) is 23.0 Å². The predicted octanol–water partition coefficient (Wildman–Crippen LogP) is 3.18. The zero-order valence-electron chi connectivity index (χ0n) is 14.2. The Labute approximate surface area is 138 Å². The maximum absolute atomic E-state index is 12.1. The Bertz CT molecular complexity index is 626. The van der Waals surface area contributed by atoms with Crippen molar-refractivity contribution in [2.45, 2.75) is 52.5 Å². The van der Waals surface area contributed by atoms with Crippen LogP contribution in [0.25, 0.3) is 0 Å². The SMILES string of the molecule is Cc1ccc(NC(=O)C(=O)NC(C)C2CC3CCC2C3)cc1C. The van der Waals surface area contributed by atoms with Crippen LogP contribution in [0.2, 0.25) is 0 Å². The van der Waals surface area contributed by atoms with Crippen LogP contribution in [0.5, 0.6) is 0 Å². The van der Waals surface area contributed by atoms with E-state index in [4.69, 9.17) is 0 Å². The number of benzene rings is 1. The lowest BCUT2D eigenvalue weighted by Crippen LogP contribution is -2.45. The molecule has 2 aliphatic carbocycles. The van der Waals surface area contributed by atoms with Crippen LogP contribution in [0.3, 0.4) is 0 Å². The first kappa shape index (κ1) is 16.0. The second-order valence-corrected chi connectivity index (χ2v) is 7.35. The maximum atomic E-state index is 12.1. The Morgan fingerprint density at radius 3 is 2.48 bits per heavy atom. The molecule has 0 heterocycles. The van der Waals surface area contributed by atoms with E-state index in [1.807, 2.05) is 39.0 Å². The lowest BCUT2D eigenvalue weighted by Gasteiger charge is -2.28. The molecule has 2 saturated carbocycles. The van der Waals surface area contributed by atoms with Gasteiger partial charge in [-0.2, -0.15) is 0 Å². The summed E-state index contributed by atoms with van der Waals surface area (Å²) in [4.78, 5) is 24.2. The van der Waals surface area contributed by atoms with Crippen LogP contribution in [0.4, 0.5) is 5.69 Å². The van der Waals surface area contributed by atoms with Crippen molar-refractivity contribution in [2.75, 3.05) is 5.32 Å². The van der Waals surface area contributed by atoms with Crippen molar-refractivity contribution in [3.63, 3.8) is 0 Å². The molecule has 0 aromatic heterocycles. The number of hydrogen-bond donors (Lipinski definition) is 2. The highest BCUT2D eigenvalue weighted by molar-refractivity contribution is 6.39. The van der Waals surface area contributed by atoms with Crippen molar-refractivity contribution in [2.24, 2.45) is 17.8 Å². The number of hydrogen-bond acceptors (Lipinski definition) is 2. The molecule has 4 nitrogen and oxygen atoms in total. The monoisotopic (exact) mass is 314 g/mol. The van der Waals surface area contributed by atoms with Gasteiger partial charge in [0, 0.05) is 11.7 Å². The van der Waals surface area contributed by atoms with E-state index in [1.54, 1.807) is 0 Å². The summed E-state index contributed by atoms with van der Waals surface area (Å²) in [6.07, 6.45) is 5.13. The third-order valence-electron chi connectivity index (χ3n) is 5.76. The molecule has 2 aliphatic rings. The number of aryl methyl sites for hydroxylation is 2. The summed E-state index contributed by atoms with van der Waals surface area (Å²) >= 11 is 0. The van der Waals surface area contributed by atoms with Gasteiger partial charge in [-0.05, 0) is 81.0 Å². The summed E-state index contributed by atoms with van der Waals surface area (Å²) in [5.41, 5.74) is 2.93. The summed E-state index contributed by atoms with van der Waals surface area (Å²) in [7, 11) is 0. The Hall–Kier alpha value is -1.84. The highest BCUT2D eigenvalue weighted by Crippen LogP contribution is 2.49. The number of amides is 2. The van der Waals surface area contributed by atoms with E-state index >= 15 is 0 Å². The zero-order chi connectivity index (χ0) is 16.6. The molecule has 2 N–H and O–H groups in total. The molecule has 124 valence electrons. The molecule has 2 amide bonds. The number of fused-ring (bicyclic) bond motifs is 2. The van der Waals surface area contributed by atoms with Gasteiger partial charge < -0.3 is 10.6 Å². The minimum absolute atomic E-state index is 0.0725. The van der Waals surface area contributed by atoms with Gasteiger partial charge in [0.1, 0.15) is 0 Å². The van der Waals surface area contributed by atoms with E-state index in [9.17, 15) is 9.59 Å². The molecule has 4 atom stereocenters. The second-order valence-electron chi connectivity index (χ2n) is 7.35. The molecule has 2 fully saturated rings. The molecule has 0 radical (unpaired) electrons. The smallest absolute Gasteiger partial charge is 0.313 e. The molecule has 4 unspecified atom stereocenters. The Balaban J connectivity index is 1.55. The van der Waals surface area contributed by atoms with Crippen LogP contribution in [0.1, 0.15) is 43.7 Å². The lowest BCUT2D eigenvalue weighted by atomic mass is 9.84. The third-order valence-corrected chi connectivity index (χ3v) is 5.76. The third kappa shape index (κ3) is 3.41. The molecular formula is C19H26N2O2. The van der Waals surface area contributed by atoms with Crippen molar-refractivity contribution in [1.82, 2.24) is 5.32 Å². The molecule has 1 aromatic rings. The minimum atomic E-state index is -0.580. The Morgan fingerprint density at radius 2 is 1.87 bits per heavy atom. The van der Waals surface area contributed by atoms with E-state index in [2.05, 4.69) is 10.6 Å². The Kier molecular flexibility index (Phi) is 4.42. The van der Waals surface area contributed by atoms with Gasteiger partial charge >= 0.3 is 11.8 Å². The first-order valence-corrected chi connectivity index (χ1v) is 8.63. The van der Waals surface area contributed by atoms with Gasteiger partial charge in [0.2, 0.25) is 0 Å². The van der Waals surface area contributed by atoms with Crippen molar-refractivity contribution in [3.05, 3.63) is 29.3 Å². The van der Waals surface area contributed by atoms with E-state index < -0.39 is 11.8 Å². The van der Waals surface area contributed by atoms with Crippen molar-refractivity contribution >= 4 is 17.5 Å². The minimum Gasteiger partial charge on any atom is -0.345 e. The molecule has 4 heteroatoms. The molecule has 23 heavy (non-hydrogen) atoms. The van der Waals surface area contributed by atoms with Gasteiger partial charge in [-0.15, -0.1) is 0 Å². The van der Waals surface area contributed by atoms with Gasteiger partial charge in [-0.3, -0.25) is 9.59 Å². The van der Waals surface area contributed by atoms with E-state index in [-0.39, 0.29) is 6.04 Å². The highest BCUT2D eigenvalue weighted by Gasteiger charge is 2.42. The Morgan fingerprint density at radius 1 is 1.09 bits per heavy atom. The van der Waals surface area contributed by atoms with E-state index in [1.165, 1.54) is 25.7 Å². The molecule has 1 aromatic carbocycles. The van der Waals surface area contributed by atoms with Gasteiger partial charge in [-0.1, -0.05) is 12.5 Å². The van der Waals surface area contributed by atoms with Crippen molar-refractivity contribution < 1.29 is 9.59 Å². The highest BCUT2D eigenvalue weighted by atomic mass is 16.2. The van der Waals surface area contributed by atoms with Gasteiger partial charge in [-0.25, -0.2) is 0 Å². The summed E-state index contributed by atoms with van der Waals surface area (Å²) in [5, 5.41) is 5.59. The van der Waals surface area contributed by atoms with E-state index in [0.29, 0.717) is 11.6 Å². The summed E-state index contributed by atoms with van der Waals surface area (Å²) < 4.78 is 0. The molecule has 0 aliphatic heterocycles. The average Bonchev–Trinajstić information content (AvgIpc) is 3.13. The number of carbonyl (C=O) groups excluding carboxylic acids is 2. The maximum Gasteiger partial charge on any atom is 0.313 e. The molecule has 0 spiro atoms. The fraction of sp³-hybridized carbons (Fsp3) is 0.579. The van der Waals surface area contributed by atoms with Crippen molar-refractivity contribution in [3.8, 4) is 0 Å². The fourth-order valence-electron chi connectivity index (χ4n) is 4.29. The largest absolute Gasteiger partial charge is 0.345 e. The van der Waals surface area contributed by atoms with Gasteiger partial charge in [0.15, 0.2) is 0 Å².